The van der Waals surface area contributed by atoms with Gasteiger partial charge in [-0.1, -0.05) is 19.6 Å². The molecule has 0 saturated heterocycles. The van der Waals surface area contributed by atoms with Gasteiger partial charge < -0.3 is 9.47 Å². The molecule has 128 valence electrons. The molecule has 1 N–H and O–H groups in total. The number of anilines is 1. The van der Waals surface area contributed by atoms with E-state index >= 15 is 0 Å². The summed E-state index contributed by atoms with van der Waals surface area (Å²) < 4.78 is 10.4. The van der Waals surface area contributed by atoms with Crippen molar-refractivity contribution >= 4 is 25.8 Å². The molecule has 1 amide bonds. The first-order valence-corrected chi connectivity index (χ1v) is 11.4. The van der Waals surface area contributed by atoms with Gasteiger partial charge in [0.15, 0.2) is 0 Å². The van der Waals surface area contributed by atoms with E-state index < -0.39 is 19.8 Å². The Morgan fingerprint density at radius 1 is 1.09 bits per heavy atom. The first kappa shape index (κ1) is 19.2. The van der Waals surface area contributed by atoms with Crippen LogP contribution in [0.5, 0.6) is 0 Å². The molecule has 0 aromatic heterocycles. The third-order valence-corrected chi connectivity index (χ3v) is 4.56. The first-order chi connectivity index (χ1) is 10.5. The van der Waals surface area contributed by atoms with Crippen LogP contribution in [0.1, 0.15) is 31.1 Å². The monoisotopic (exact) mass is 337 g/mol. The highest BCUT2D eigenvalue weighted by Crippen LogP contribution is 2.15. The summed E-state index contributed by atoms with van der Waals surface area (Å²) in [5, 5.41) is 2.64. The summed E-state index contributed by atoms with van der Waals surface area (Å²) in [5.74, 6) is -0.387. The molecule has 23 heavy (non-hydrogen) atoms. The molecule has 0 bridgehead atoms. The van der Waals surface area contributed by atoms with Crippen molar-refractivity contribution in [3.63, 3.8) is 0 Å². The molecule has 0 aliphatic heterocycles. The molecular formula is C17H27NO4Si. The molecule has 0 saturated carbocycles. The zero-order valence-electron chi connectivity index (χ0n) is 14.9. The SMILES string of the molecule is CC(C)(C)OC(=O)c1ccc(NC(=O)OCC[Si](C)(C)C)cc1. The fourth-order valence-electron chi connectivity index (χ4n) is 1.63. The smallest absolute Gasteiger partial charge is 0.411 e. The van der Waals surface area contributed by atoms with E-state index in [-0.39, 0.29) is 5.97 Å². The van der Waals surface area contributed by atoms with Crippen LogP contribution in [-0.2, 0) is 9.47 Å². The Hall–Kier alpha value is -1.82. The van der Waals surface area contributed by atoms with Gasteiger partial charge in [0.25, 0.3) is 0 Å². The number of carbonyl (C=O) groups excluding carboxylic acids is 2. The molecule has 6 heteroatoms. The van der Waals surface area contributed by atoms with Crippen LogP contribution in [0.3, 0.4) is 0 Å². The fraction of sp³-hybridized carbons (Fsp3) is 0.529. The van der Waals surface area contributed by atoms with Crippen molar-refractivity contribution in [3.05, 3.63) is 29.8 Å². The molecule has 0 aliphatic carbocycles. The van der Waals surface area contributed by atoms with E-state index in [0.717, 1.165) is 6.04 Å². The lowest BCUT2D eigenvalue weighted by Crippen LogP contribution is -2.24. The molecule has 0 unspecified atom stereocenters. The van der Waals surface area contributed by atoms with Gasteiger partial charge in [-0.05, 0) is 51.1 Å². The van der Waals surface area contributed by atoms with Crippen LogP contribution >= 0.6 is 0 Å². The molecule has 5 nitrogen and oxygen atoms in total. The second-order valence-electron chi connectivity index (χ2n) is 7.65. The van der Waals surface area contributed by atoms with Gasteiger partial charge in [-0.2, -0.15) is 0 Å². The molecule has 1 rings (SSSR count). The van der Waals surface area contributed by atoms with Crippen LogP contribution in [-0.4, -0.2) is 32.3 Å². The summed E-state index contributed by atoms with van der Waals surface area (Å²) in [6.07, 6.45) is -0.478. The minimum atomic E-state index is -1.21. The Morgan fingerprint density at radius 2 is 1.65 bits per heavy atom. The number of nitrogens with one attached hydrogen (secondary N) is 1. The van der Waals surface area contributed by atoms with E-state index in [1.165, 1.54) is 0 Å². The van der Waals surface area contributed by atoms with E-state index in [1.807, 2.05) is 20.8 Å². The van der Waals surface area contributed by atoms with Crippen molar-refractivity contribution in [3.8, 4) is 0 Å². The Bertz CT molecular complexity index is 541. The maximum absolute atomic E-state index is 11.9. The van der Waals surface area contributed by atoms with Gasteiger partial charge in [-0.15, -0.1) is 0 Å². The maximum Gasteiger partial charge on any atom is 0.411 e. The van der Waals surface area contributed by atoms with Gasteiger partial charge in [0.2, 0.25) is 0 Å². The third-order valence-electron chi connectivity index (χ3n) is 2.85. The molecule has 0 heterocycles. The van der Waals surface area contributed by atoms with Gasteiger partial charge >= 0.3 is 12.1 Å². The molecule has 0 fully saturated rings. The molecule has 0 spiro atoms. The Labute approximate surface area is 139 Å². The van der Waals surface area contributed by atoms with Crippen LogP contribution in [0.25, 0.3) is 0 Å². The predicted octanol–water partition coefficient (Wildman–Crippen LogP) is 4.53. The highest BCUT2D eigenvalue weighted by Gasteiger charge is 2.18. The number of amides is 1. The number of hydrogen-bond acceptors (Lipinski definition) is 4. The topological polar surface area (TPSA) is 64.6 Å². The van der Waals surface area contributed by atoms with E-state index in [9.17, 15) is 9.59 Å². The normalized spacial score (nSPS) is 11.7. The quantitative estimate of drug-likeness (QED) is 0.633. The van der Waals surface area contributed by atoms with Gasteiger partial charge in [-0.3, -0.25) is 5.32 Å². The number of rotatable bonds is 5. The lowest BCUT2D eigenvalue weighted by atomic mass is 10.1. The molecule has 0 atom stereocenters. The van der Waals surface area contributed by atoms with Crippen molar-refractivity contribution in [1.82, 2.24) is 0 Å². The number of hydrogen-bond donors (Lipinski definition) is 1. The number of ether oxygens (including phenoxy) is 2. The van der Waals surface area contributed by atoms with Gasteiger partial charge in [0, 0.05) is 13.8 Å². The average molecular weight is 337 g/mol. The second-order valence-corrected chi connectivity index (χ2v) is 13.3. The summed E-state index contributed by atoms with van der Waals surface area (Å²) >= 11 is 0. The first-order valence-electron chi connectivity index (χ1n) is 7.73. The van der Waals surface area contributed by atoms with Crippen molar-refractivity contribution < 1.29 is 19.1 Å². The standard InChI is InChI=1S/C17H27NO4Si/c1-17(2,3)22-15(19)13-7-9-14(10-8-13)18-16(20)21-11-12-23(4,5)6/h7-10H,11-12H2,1-6H3,(H,18,20). The zero-order chi connectivity index (χ0) is 17.7. The van der Waals surface area contributed by atoms with Crippen molar-refractivity contribution in [2.45, 2.75) is 52.1 Å². The third kappa shape index (κ3) is 8.40. The largest absolute Gasteiger partial charge is 0.456 e. The van der Waals surface area contributed by atoms with Crippen molar-refractivity contribution in [2.24, 2.45) is 0 Å². The lowest BCUT2D eigenvalue weighted by molar-refractivity contribution is 0.00695. The van der Waals surface area contributed by atoms with Crippen LogP contribution in [0.15, 0.2) is 24.3 Å². The molecule has 0 radical (unpaired) electrons. The Balaban J connectivity index is 2.51. The van der Waals surface area contributed by atoms with Gasteiger partial charge in [-0.25, -0.2) is 9.59 Å². The van der Waals surface area contributed by atoms with Crippen molar-refractivity contribution in [1.29, 1.82) is 0 Å². The zero-order valence-corrected chi connectivity index (χ0v) is 15.9. The summed E-state index contributed by atoms with van der Waals surface area (Å²) in [7, 11) is -1.21. The van der Waals surface area contributed by atoms with E-state index in [1.54, 1.807) is 24.3 Å². The minimum Gasteiger partial charge on any atom is -0.456 e. The van der Waals surface area contributed by atoms with E-state index in [0.29, 0.717) is 17.9 Å². The average Bonchev–Trinajstić information content (AvgIpc) is 2.35. The molecular weight excluding hydrogens is 310 g/mol. The Morgan fingerprint density at radius 3 is 2.13 bits per heavy atom. The van der Waals surface area contributed by atoms with Gasteiger partial charge in [0.05, 0.1) is 12.2 Å². The summed E-state index contributed by atoms with van der Waals surface area (Å²) in [6.45, 7) is 12.6. The molecule has 1 aromatic rings. The highest BCUT2D eigenvalue weighted by molar-refractivity contribution is 6.76. The predicted molar refractivity (Wildman–Crippen MR) is 94.7 cm³/mol. The number of esters is 1. The second kappa shape index (κ2) is 7.63. The lowest BCUT2D eigenvalue weighted by Gasteiger charge is -2.19. The Kier molecular flexibility index (Phi) is 6.38. The van der Waals surface area contributed by atoms with Crippen LogP contribution in [0, 0.1) is 0 Å². The molecule has 0 aliphatic rings. The summed E-state index contributed by atoms with van der Waals surface area (Å²) in [5.41, 5.74) is 0.488. The van der Waals surface area contributed by atoms with Crippen LogP contribution < -0.4 is 5.32 Å². The number of carbonyl (C=O) groups is 2. The van der Waals surface area contributed by atoms with Crippen molar-refractivity contribution in [2.75, 3.05) is 11.9 Å². The summed E-state index contributed by atoms with van der Waals surface area (Å²) in [6, 6.07) is 7.47. The van der Waals surface area contributed by atoms with Crippen LogP contribution in [0.4, 0.5) is 10.5 Å². The van der Waals surface area contributed by atoms with E-state index in [4.69, 9.17) is 9.47 Å². The van der Waals surface area contributed by atoms with E-state index in [2.05, 4.69) is 25.0 Å². The fourth-order valence-corrected chi connectivity index (χ4v) is 2.34. The number of benzene rings is 1. The maximum atomic E-state index is 11.9. The van der Waals surface area contributed by atoms with Gasteiger partial charge in [0.1, 0.15) is 5.60 Å². The van der Waals surface area contributed by atoms with Crippen LogP contribution in [0.2, 0.25) is 25.7 Å². The minimum absolute atomic E-state index is 0.387. The summed E-state index contributed by atoms with van der Waals surface area (Å²) in [4.78, 5) is 23.6. The highest BCUT2D eigenvalue weighted by atomic mass is 28.3. The molecule has 1 aromatic carbocycles.